The molecular weight excluding hydrogens is 474 g/mol. The number of halogens is 2. The summed E-state index contributed by atoms with van der Waals surface area (Å²) in [5, 5.41) is 10.6. The average molecular weight is 496 g/mol. The van der Waals surface area contributed by atoms with Crippen molar-refractivity contribution in [3.05, 3.63) is 71.9 Å². The molecule has 0 saturated heterocycles. The lowest BCUT2D eigenvalue weighted by Gasteiger charge is -2.14. The molecule has 3 rings (SSSR count). The van der Waals surface area contributed by atoms with Gasteiger partial charge in [-0.25, -0.2) is 9.37 Å². The number of guanidine groups is 1. The molecule has 0 aliphatic heterocycles. The normalized spacial score (nSPS) is 10.9. The molecule has 7 nitrogen and oxygen atoms in total. The molecule has 0 spiro atoms. The van der Waals surface area contributed by atoms with Gasteiger partial charge in [0.25, 0.3) is 0 Å². The largest absolute Gasteiger partial charge is 0.439 e. The lowest BCUT2D eigenvalue weighted by molar-refractivity contribution is 0.450. The highest BCUT2D eigenvalue weighted by atomic mass is 127. The van der Waals surface area contributed by atoms with Gasteiger partial charge in [-0.2, -0.15) is 5.10 Å². The van der Waals surface area contributed by atoms with Gasteiger partial charge in [0, 0.05) is 44.7 Å². The number of pyridine rings is 1. The Kier molecular flexibility index (Phi) is 8.18. The number of aryl methyl sites for hydroxylation is 1. The van der Waals surface area contributed by atoms with E-state index in [1.807, 2.05) is 25.2 Å². The minimum Gasteiger partial charge on any atom is -0.439 e. The van der Waals surface area contributed by atoms with Crippen LogP contribution in [0, 0.1) is 5.82 Å². The predicted octanol–water partition coefficient (Wildman–Crippen LogP) is 3.23. The van der Waals surface area contributed by atoms with E-state index < -0.39 is 0 Å². The third kappa shape index (κ3) is 5.91. The second-order valence-corrected chi connectivity index (χ2v) is 5.75. The first kappa shape index (κ1) is 21.6. The molecule has 0 atom stereocenters. The van der Waals surface area contributed by atoms with E-state index >= 15 is 0 Å². The number of aromatic nitrogens is 3. The van der Waals surface area contributed by atoms with Gasteiger partial charge < -0.3 is 15.4 Å². The van der Waals surface area contributed by atoms with Crippen molar-refractivity contribution in [1.29, 1.82) is 0 Å². The lowest BCUT2D eigenvalue weighted by atomic mass is 10.2. The number of nitrogens with one attached hydrogen (secondary N) is 2. The Morgan fingerprint density at radius 3 is 2.68 bits per heavy atom. The predicted molar refractivity (Wildman–Crippen MR) is 116 cm³/mol. The summed E-state index contributed by atoms with van der Waals surface area (Å²) >= 11 is 0. The molecule has 1 aromatic carbocycles. The van der Waals surface area contributed by atoms with Crippen LogP contribution in [0.25, 0.3) is 0 Å². The zero-order chi connectivity index (χ0) is 19.1. The summed E-state index contributed by atoms with van der Waals surface area (Å²) in [6.45, 7) is 1.04. The Morgan fingerprint density at radius 1 is 1.14 bits per heavy atom. The van der Waals surface area contributed by atoms with Gasteiger partial charge in [-0.05, 0) is 24.3 Å². The molecule has 28 heavy (non-hydrogen) atoms. The maximum Gasteiger partial charge on any atom is 0.224 e. The number of rotatable bonds is 6. The van der Waals surface area contributed by atoms with Gasteiger partial charge >= 0.3 is 0 Å². The summed E-state index contributed by atoms with van der Waals surface area (Å²) < 4.78 is 20.9. The van der Waals surface area contributed by atoms with Crippen LogP contribution in [-0.4, -0.2) is 27.8 Å². The van der Waals surface area contributed by atoms with Crippen LogP contribution in [-0.2, 0) is 20.1 Å². The van der Waals surface area contributed by atoms with Crippen LogP contribution < -0.4 is 15.4 Å². The number of aliphatic imine (C=N–C) groups is 1. The van der Waals surface area contributed by atoms with Crippen LogP contribution in [0.4, 0.5) is 4.39 Å². The molecule has 2 aromatic heterocycles. The molecule has 0 radical (unpaired) electrons. The highest BCUT2D eigenvalue weighted by Crippen LogP contribution is 2.23. The van der Waals surface area contributed by atoms with E-state index in [-0.39, 0.29) is 29.8 Å². The second kappa shape index (κ2) is 10.6. The van der Waals surface area contributed by atoms with Crippen molar-refractivity contribution in [2.45, 2.75) is 13.1 Å². The molecular formula is C19H22FIN6O. The first-order valence-corrected chi connectivity index (χ1v) is 8.44. The molecule has 0 bridgehead atoms. The van der Waals surface area contributed by atoms with Crippen molar-refractivity contribution in [3.8, 4) is 11.6 Å². The molecule has 3 aromatic rings. The van der Waals surface area contributed by atoms with Gasteiger partial charge in [-0.1, -0.05) is 12.1 Å². The van der Waals surface area contributed by atoms with Crippen LogP contribution in [0.3, 0.4) is 0 Å². The SMILES string of the molecule is CN=C(NCc1cccnc1Oc1cccc(F)c1)NCc1ccnn1C.I. The first-order valence-electron chi connectivity index (χ1n) is 8.44. The second-order valence-electron chi connectivity index (χ2n) is 5.75. The summed E-state index contributed by atoms with van der Waals surface area (Å²) in [5.41, 5.74) is 1.86. The molecule has 0 fully saturated rings. The monoisotopic (exact) mass is 496 g/mol. The van der Waals surface area contributed by atoms with Crippen LogP contribution in [0.1, 0.15) is 11.3 Å². The van der Waals surface area contributed by atoms with E-state index in [0.717, 1.165) is 11.3 Å². The van der Waals surface area contributed by atoms with Gasteiger partial charge in [0.15, 0.2) is 5.96 Å². The topological polar surface area (TPSA) is 76.4 Å². The molecule has 0 saturated carbocycles. The number of benzene rings is 1. The minimum absolute atomic E-state index is 0. The zero-order valence-corrected chi connectivity index (χ0v) is 17.9. The third-order valence-corrected chi connectivity index (χ3v) is 3.89. The van der Waals surface area contributed by atoms with Gasteiger partial charge in [0.2, 0.25) is 5.88 Å². The third-order valence-electron chi connectivity index (χ3n) is 3.89. The number of hydrogen-bond acceptors (Lipinski definition) is 4. The van der Waals surface area contributed by atoms with Crippen molar-refractivity contribution in [2.24, 2.45) is 12.0 Å². The quantitative estimate of drug-likeness (QED) is 0.312. The zero-order valence-electron chi connectivity index (χ0n) is 15.6. The van der Waals surface area contributed by atoms with E-state index in [0.29, 0.717) is 30.7 Å². The van der Waals surface area contributed by atoms with Crippen molar-refractivity contribution in [3.63, 3.8) is 0 Å². The van der Waals surface area contributed by atoms with Crippen LogP contribution in [0.5, 0.6) is 11.6 Å². The Bertz CT molecular complexity index is 930. The molecule has 148 valence electrons. The molecule has 0 unspecified atom stereocenters. The fourth-order valence-corrected chi connectivity index (χ4v) is 2.44. The summed E-state index contributed by atoms with van der Waals surface area (Å²) in [4.78, 5) is 8.46. The van der Waals surface area contributed by atoms with Crippen molar-refractivity contribution in [1.82, 2.24) is 25.4 Å². The lowest BCUT2D eigenvalue weighted by Crippen LogP contribution is -2.36. The number of nitrogens with zero attached hydrogens (tertiary/aromatic N) is 4. The summed E-state index contributed by atoms with van der Waals surface area (Å²) in [6.07, 6.45) is 3.38. The average Bonchev–Trinajstić information content (AvgIpc) is 3.08. The fourth-order valence-electron chi connectivity index (χ4n) is 2.44. The molecule has 0 aliphatic carbocycles. The maximum absolute atomic E-state index is 13.4. The summed E-state index contributed by atoms with van der Waals surface area (Å²) in [7, 11) is 3.59. The standard InChI is InChI=1S/C19H21FN6O.HI/c1-21-19(24-13-16-8-10-25-26(16)2)23-12-14-5-4-9-22-18(14)27-17-7-3-6-15(20)11-17;/h3-11H,12-13H2,1-2H3,(H2,21,23,24);1H. The van der Waals surface area contributed by atoms with Gasteiger partial charge in [-0.15, -0.1) is 24.0 Å². The van der Waals surface area contributed by atoms with Crippen molar-refractivity contribution in [2.75, 3.05) is 7.05 Å². The first-order chi connectivity index (χ1) is 13.2. The van der Waals surface area contributed by atoms with Crippen molar-refractivity contribution < 1.29 is 9.13 Å². The Balaban J connectivity index is 0.00000280. The van der Waals surface area contributed by atoms with E-state index in [1.54, 1.807) is 36.3 Å². The van der Waals surface area contributed by atoms with Crippen LogP contribution in [0.2, 0.25) is 0 Å². The summed E-state index contributed by atoms with van der Waals surface area (Å²) in [6, 6.07) is 11.6. The molecule has 0 amide bonds. The minimum atomic E-state index is -0.358. The Hall–Kier alpha value is -2.69. The number of ether oxygens (including phenoxy) is 1. The van der Waals surface area contributed by atoms with E-state index in [4.69, 9.17) is 4.74 Å². The highest BCUT2D eigenvalue weighted by Gasteiger charge is 2.08. The van der Waals surface area contributed by atoms with Crippen LogP contribution in [0.15, 0.2) is 59.9 Å². The Labute approximate surface area is 180 Å². The Morgan fingerprint density at radius 2 is 1.96 bits per heavy atom. The molecule has 9 heteroatoms. The highest BCUT2D eigenvalue weighted by molar-refractivity contribution is 14.0. The maximum atomic E-state index is 13.4. The summed E-state index contributed by atoms with van der Waals surface area (Å²) in [5.74, 6) is 1.09. The fraction of sp³-hybridized carbons (Fsp3) is 0.211. The van der Waals surface area contributed by atoms with Gasteiger partial charge in [0.05, 0.1) is 12.2 Å². The smallest absolute Gasteiger partial charge is 0.224 e. The molecule has 0 aliphatic rings. The van der Waals surface area contributed by atoms with E-state index in [2.05, 4.69) is 25.7 Å². The van der Waals surface area contributed by atoms with Gasteiger partial charge in [-0.3, -0.25) is 9.67 Å². The van der Waals surface area contributed by atoms with Gasteiger partial charge in [0.1, 0.15) is 11.6 Å². The molecule has 2 N–H and O–H groups in total. The number of hydrogen-bond donors (Lipinski definition) is 2. The van der Waals surface area contributed by atoms with Crippen LogP contribution >= 0.6 is 24.0 Å². The van der Waals surface area contributed by atoms with E-state index in [1.165, 1.54) is 12.1 Å². The van der Waals surface area contributed by atoms with Crippen molar-refractivity contribution >= 4 is 29.9 Å². The van der Waals surface area contributed by atoms with E-state index in [9.17, 15) is 4.39 Å². The molecule has 2 heterocycles.